The molecule has 4 nitrogen and oxygen atoms in total. The van der Waals surface area contributed by atoms with Gasteiger partial charge >= 0.3 is 0 Å². The topological polar surface area (TPSA) is 44.4 Å². The first kappa shape index (κ1) is 14.0. The Kier molecular flexibility index (Phi) is 4.93. The van der Waals surface area contributed by atoms with Crippen LogP contribution in [0, 0.1) is 0 Å². The molecule has 4 heteroatoms. The van der Waals surface area contributed by atoms with Crippen molar-refractivity contribution in [2.45, 2.75) is 31.8 Å². The number of nitrogens with one attached hydrogen (secondary N) is 2. The molecule has 2 rings (SSSR count). The van der Waals surface area contributed by atoms with Crippen LogP contribution < -0.4 is 10.6 Å². The summed E-state index contributed by atoms with van der Waals surface area (Å²) in [5.74, 6) is 0.0549. The molecular formula is C15H23N3O. The summed E-state index contributed by atoms with van der Waals surface area (Å²) in [6.45, 7) is 4.03. The van der Waals surface area contributed by atoms with Gasteiger partial charge in [-0.3, -0.25) is 9.69 Å². The Balaban J connectivity index is 1.90. The van der Waals surface area contributed by atoms with Gasteiger partial charge in [-0.05, 0) is 45.5 Å². The van der Waals surface area contributed by atoms with Crippen LogP contribution in [-0.2, 0) is 4.79 Å². The first-order valence-electron chi connectivity index (χ1n) is 6.97. The van der Waals surface area contributed by atoms with Gasteiger partial charge in [0.05, 0.1) is 6.04 Å². The molecule has 0 radical (unpaired) electrons. The Hall–Kier alpha value is -1.39. The van der Waals surface area contributed by atoms with E-state index in [1.54, 1.807) is 0 Å². The van der Waals surface area contributed by atoms with Crippen molar-refractivity contribution in [1.82, 2.24) is 10.2 Å². The molecule has 19 heavy (non-hydrogen) atoms. The molecule has 1 aromatic carbocycles. The number of hydrogen-bond donors (Lipinski definition) is 2. The summed E-state index contributed by atoms with van der Waals surface area (Å²) < 4.78 is 0. The Labute approximate surface area is 115 Å². The lowest BCUT2D eigenvalue weighted by Crippen LogP contribution is -2.51. The maximum absolute atomic E-state index is 12.2. The Bertz CT molecular complexity index is 401. The molecule has 1 saturated heterocycles. The zero-order valence-corrected chi connectivity index (χ0v) is 11.7. The SMILES string of the molecule is CC(C(=O)Nc1ccccc1)N(C)C1CCCNC1. The van der Waals surface area contributed by atoms with E-state index in [1.807, 2.05) is 44.3 Å². The van der Waals surface area contributed by atoms with Crippen molar-refractivity contribution in [2.24, 2.45) is 0 Å². The molecule has 0 saturated carbocycles. The zero-order valence-electron chi connectivity index (χ0n) is 11.7. The van der Waals surface area contributed by atoms with Crippen LogP contribution in [0.3, 0.4) is 0 Å². The smallest absolute Gasteiger partial charge is 0.241 e. The van der Waals surface area contributed by atoms with E-state index >= 15 is 0 Å². The van der Waals surface area contributed by atoms with Gasteiger partial charge in [0.25, 0.3) is 0 Å². The van der Waals surface area contributed by atoms with Crippen LogP contribution in [0.15, 0.2) is 30.3 Å². The molecule has 1 aliphatic rings. The predicted molar refractivity (Wildman–Crippen MR) is 78.2 cm³/mol. The van der Waals surface area contributed by atoms with E-state index in [0.717, 1.165) is 25.2 Å². The van der Waals surface area contributed by atoms with Gasteiger partial charge in [0.15, 0.2) is 0 Å². The molecule has 0 aliphatic carbocycles. The molecule has 2 N–H and O–H groups in total. The third kappa shape index (κ3) is 3.78. The maximum Gasteiger partial charge on any atom is 0.241 e. The Morgan fingerprint density at radius 3 is 2.79 bits per heavy atom. The quantitative estimate of drug-likeness (QED) is 0.867. The molecule has 2 unspecified atom stereocenters. The average Bonchev–Trinajstić information content (AvgIpc) is 2.47. The minimum absolute atomic E-state index is 0.0549. The number of rotatable bonds is 4. The fourth-order valence-corrected chi connectivity index (χ4v) is 2.45. The number of para-hydroxylation sites is 1. The first-order valence-corrected chi connectivity index (χ1v) is 6.97. The summed E-state index contributed by atoms with van der Waals surface area (Å²) in [6.07, 6.45) is 2.34. The number of nitrogens with zero attached hydrogens (tertiary/aromatic N) is 1. The first-order chi connectivity index (χ1) is 9.18. The molecule has 104 valence electrons. The van der Waals surface area contributed by atoms with Gasteiger partial charge in [0.1, 0.15) is 0 Å². The van der Waals surface area contributed by atoms with Gasteiger partial charge in [-0.15, -0.1) is 0 Å². The third-order valence-corrected chi connectivity index (χ3v) is 3.88. The van der Waals surface area contributed by atoms with E-state index in [0.29, 0.717) is 6.04 Å². The van der Waals surface area contributed by atoms with E-state index in [4.69, 9.17) is 0 Å². The minimum Gasteiger partial charge on any atom is -0.325 e. The normalized spacial score (nSPS) is 21.1. The van der Waals surface area contributed by atoms with Gasteiger partial charge in [-0.1, -0.05) is 18.2 Å². The molecule has 0 bridgehead atoms. The van der Waals surface area contributed by atoms with E-state index < -0.39 is 0 Å². The summed E-state index contributed by atoms with van der Waals surface area (Å²) in [5.41, 5.74) is 0.856. The second-order valence-corrected chi connectivity index (χ2v) is 5.20. The molecule has 0 aromatic heterocycles. The predicted octanol–water partition coefficient (Wildman–Crippen LogP) is 1.70. The maximum atomic E-state index is 12.2. The van der Waals surface area contributed by atoms with Crippen molar-refractivity contribution < 1.29 is 4.79 Å². The molecule has 1 aromatic rings. The number of amides is 1. The van der Waals surface area contributed by atoms with Crippen LogP contribution in [0.25, 0.3) is 0 Å². The van der Waals surface area contributed by atoms with Crippen molar-refractivity contribution in [1.29, 1.82) is 0 Å². The number of carbonyl (C=O) groups is 1. The lowest BCUT2D eigenvalue weighted by molar-refractivity contribution is -0.121. The number of anilines is 1. The van der Waals surface area contributed by atoms with E-state index in [9.17, 15) is 4.79 Å². The van der Waals surface area contributed by atoms with Gasteiger partial charge in [0.2, 0.25) is 5.91 Å². The van der Waals surface area contributed by atoms with Crippen molar-refractivity contribution >= 4 is 11.6 Å². The molecule has 0 spiro atoms. The summed E-state index contributed by atoms with van der Waals surface area (Å²) in [7, 11) is 2.03. The lowest BCUT2D eigenvalue weighted by atomic mass is 10.0. The molecule has 1 fully saturated rings. The van der Waals surface area contributed by atoms with E-state index in [-0.39, 0.29) is 11.9 Å². The Morgan fingerprint density at radius 1 is 1.42 bits per heavy atom. The van der Waals surface area contributed by atoms with Crippen LogP contribution in [0.2, 0.25) is 0 Å². The van der Waals surface area contributed by atoms with E-state index in [2.05, 4.69) is 15.5 Å². The number of piperidine rings is 1. The molecule has 2 atom stereocenters. The van der Waals surface area contributed by atoms with Gasteiger partial charge in [-0.2, -0.15) is 0 Å². The van der Waals surface area contributed by atoms with Crippen LogP contribution in [0.5, 0.6) is 0 Å². The van der Waals surface area contributed by atoms with E-state index in [1.165, 1.54) is 6.42 Å². The van der Waals surface area contributed by atoms with Crippen molar-refractivity contribution in [3.05, 3.63) is 30.3 Å². The van der Waals surface area contributed by atoms with Crippen LogP contribution in [0.4, 0.5) is 5.69 Å². The van der Waals surface area contributed by atoms with Crippen molar-refractivity contribution in [3.63, 3.8) is 0 Å². The number of benzene rings is 1. The highest BCUT2D eigenvalue weighted by Crippen LogP contribution is 2.13. The number of hydrogen-bond acceptors (Lipinski definition) is 3. The largest absolute Gasteiger partial charge is 0.325 e. The Morgan fingerprint density at radius 2 is 2.16 bits per heavy atom. The summed E-state index contributed by atoms with van der Waals surface area (Å²) >= 11 is 0. The summed E-state index contributed by atoms with van der Waals surface area (Å²) in [5, 5.41) is 6.35. The highest BCUT2D eigenvalue weighted by atomic mass is 16.2. The monoisotopic (exact) mass is 261 g/mol. The average molecular weight is 261 g/mol. The lowest BCUT2D eigenvalue weighted by Gasteiger charge is -2.35. The fourth-order valence-electron chi connectivity index (χ4n) is 2.45. The molecule has 1 heterocycles. The van der Waals surface area contributed by atoms with Crippen molar-refractivity contribution in [3.8, 4) is 0 Å². The number of likely N-dealkylation sites (N-methyl/N-ethyl adjacent to an activating group) is 1. The fraction of sp³-hybridized carbons (Fsp3) is 0.533. The second-order valence-electron chi connectivity index (χ2n) is 5.20. The minimum atomic E-state index is -0.120. The van der Waals surface area contributed by atoms with Crippen LogP contribution in [0.1, 0.15) is 19.8 Å². The van der Waals surface area contributed by atoms with Gasteiger partial charge < -0.3 is 10.6 Å². The van der Waals surface area contributed by atoms with Crippen LogP contribution in [-0.4, -0.2) is 43.0 Å². The molecule has 1 aliphatic heterocycles. The third-order valence-electron chi connectivity index (χ3n) is 3.88. The highest BCUT2D eigenvalue weighted by Gasteiger charge is 2.25. The zero-order chi connectivity index (χ0) is 13.7. The van der Waals surface area contributed by atoms with Crippen LogP contribution >= 0.6 is 0 Å². The number of carbonyl (C=O) groups excluding carboxylic acids is 1. The van der Waals surface area contributed by atoms with Crippen molar-refractivity contribution in [2.75, 3.05) is 25.5 Å². The van der Waals surface area contributed by atoms with Gasteiger partial charge in [0, 0.05) is 18.3 Å². The summed E-state index contributed by atoms with van der Waals surface area (Å²) in [6, 6.07) is 9.94. The highest BCUT2D eigenvalue weighted by molar-refractivity contribution is 5.94. The summed E-state index contributed by atoms with van der Waals surface area (Å²) in [4.78, 5) is 14.4. The standard InChI is InChI=1S/C15H23N3O/c1-12(18(2)14-9-6-10-16-11-14)15(19)17-13-7-4-3-5-8-13/h3-5,7-8,12,14,16H,6,9-11H2,1-2H3,(H,17,19). The van der Waals surface area contributed by atoms with Gasteiger partial charge in [-0.25, -0.2) is 0 Å². The second kappa shape index (κ2) is 6.68. The molecular weight excluding hydrogens is 238 g/mol. The molecule has 1 amide bonds.